The van der Waals surface area contributed by atoms with Gasteiger partial charge in [0.25, 0.3) is 0 Å². The highest BCUT2D eigenvalue weighted by atomic mass is 16.4. The molecule has 0 unspecified atom stereocenters. The van der Waals surface area contributed by atoms with E-state index in [0.717, 1.165) is 12.2 Å². The zero-order chi connectivity index (χ0) is 16.1. The van der Waals surface area contributed by atoms with Gasteiger partial charge in [-0.25, -0.2) is 9.59 Å². The van der Waals surface area contributed by atoms with Crippen molar-refractivity contribution >= 4 is 18.0 Å². The molecular weight excluding hydrogens is 256 g/mol. The average Bonchev–Trinajstić information content (AvgIpc) is 2.38. The van der Waals surface area contributed by atoms with E-state index in [2.05, 4.69) is 51.8 Å². The highest BCUT2D eigenvalue weighted by Crippen LogP contribution is 2.08. The second-order valence-corrected chi connectivity index (χ2v) is 3.71. The Morgan fingerprint density at radius 3 is 1.40 bits per heavy atom. The summed E-state index contributed by atoms with van der Waals surface area (Å²) >= 11 is 0. The first-order valence-corrected chi connectivity index (χ1v) is 5.68. The summed E-state index contributed by atoms with van der Waals surface area (Å²) in [4.78, 5) is 18.5. The standard InChI is InChI=1S/C10H12.2C3H4O2/c1-4-10-6-8(2)5-9(3)7-10;2*1-2-3(4)5/h4-7H,1H2,2-3H3;2*2H,1H2,(H,4,5). The monoisotopic (exact) mass is 276 g/mol. The highest BCUT2D eigenvalue weighted by molar-refractivity contribution is 5.79. The molecule has 0 saturated heterocycles. The van der Waals surface area contributed by atoms with Gasteiger partial charge in [-0.15, -0.1) is 0 Å². The lowest BCUT2D eigenvalue weighted by Gasteiger charge is -1.97. The summed E-state index contributed by atoms with van der Waals surface area (Å²) in [5, 5.41) is 15.2. The Morgan fingerprint density at radius 1 is 0.900 bits per heavy atom. The highest BCUT2D eigenvalue weighted by Gasteiger charge is 1.89. The number of aryl methyl sites for hydroxylation is 2. The van der Waals surface area contributed by atoms with Crippen molar-refractivity contribution in [3.63, 3.8) is 0 Å². The molecular formula is C16H20O4. The molecule has 0 heterocycles. The van der Waals surface area contributed by atoms with Crippen molar-refractivity contribution in [2.45, 2.75) is 13.8 Å². The minimum atomic E-state index is -0.981. The average molecular weight is 276 g/mol. The van der Waals surface area contributed by atoms with Crippen molar-refractivity contribution < 1.29 is 19.8 Å². The van der Waals surface area contributed by atoms with Gasteiger partial charge in [0.1, 0.15) is 0 Å². The Hall–Kier alpha value is -2.62. The van der Waals surface area contributed by atoms with E-state index in [1.807, 2.05) is 6.08 Å². The molecule has 2 N–H and O–H groups in total. The molecule has 4 nitrogen and oxygen atoms in total. The summed E-state index contributed by atoms with van der Waals surface area (Å²) in [6, 6.07) is 6.41. The molecule has 0 bridgehead atoms. The fourth-order valence-corrected chi connectivity index (χ4v) is 1.13. The number of carboxylic acid groups (broad SMARTS) is 2. The van der Waals surface area contributed by atoms with Crippen LogP contribution in [0.1, 0.15) is 16.7 Å². The summed E-state index contributed by atoms with van der Waals surface area (Å²) < 4.78 is 0. The number of carbonyl (C=O) groups is 2. The van der Waals surface area contributed by atoms with Gasteiger partial charge in [-0.3, -0.25) is 0 Å². The molecule has 108 valence electrons. The minimum absolute atomic E-state index is 0.833. The van der Waals surface area contributed by atoms with Gasteiger partial charge in [-0.2, -0.15) is 0 Å². The zero-order valence-corrected chi connectivity index (χ0v) is 11.8. The minimum Gasteiger partial charge on any atom is -0.478 e. The second-order valence-electron chi connectivity index (χ2n) is 3.71. The Labute approximate surface area is 119 Å². The Kier molecular flexibility index (Phi) is 11.3. The van der Waals surface area contributed by atoms with E-state index in [1.165, 1.54) is 16.7 Å². The Bertz CT molecular complexity index is 449. The van der Waals surface area contributed by atoms with Gasteiger partial charge in [0, 0.05) is 12.2 Å². The normalized spacial score (nSPS) is 7.90. The molecule has 4 heteroatoms. The molecule has 0 saturated carbocycles. The van der Waals surface area contributed by atoms with E-state index < -0.39 is 11.9 Å². The molecule has 0 aromatic heterocycles. The SMILES string of the molecule is C=CC(=O)O.C=CC(=O)O.C=Cc1cc(C)cc(C)c1. The Morgan fingerprint density at radius 2 is 1.20 bits per heavy atom. The number of hydrogen-bond acceptors (Lipinski definition) is 2. The van der Waals surface area contributed by atoms with Crippen molar-refractivity contribution in [2.24, 2.45) is 0 Å². The summed E-state index contributed by atoms with van der Waals surface area (Å²) in [5.41, 5.74) is 3.81. The van der Waals surface area contributed by atoms with Crippen LogP contribution in [0.4, 0.5) is 0 Å². The van der Waals surface area contributed by atoms with Gasteiger partial charge in [0.15, 0.2) is 0 Å². The molecule has 1 rings (SSSR count). The van der Waals surface area contributed by atoms with Crippen molar-refractivity contribution in [1.82, 2.24) is 0 Å². The summed E-state index contributed by atoms with van der Waals surface area (Å²) in [6.45, 7) is 13.8. The van der Waals surface area contributed by atoms with E-state index in [9.17, 15) is 9.59 Å². The van der Waals surface area contributed by atoms with Gasteiger partial charge < -0.3 is 10.2 Å². The van der Waals surface area contributed by atoms with Crippen LogP contribution in [0.3, 0.4) is 0 Å². The van der Waals surface area contributed by atoms with Gasteiger partial charge in [0.05, 0.1) is 0 Å². The second kappa shape index (κ2) is 11.5. The first-order chi connectivity index (χ1) is 9.26. The third-order valence-corrected chi connectivity index (χ3v) is 1.83. The predicted molar refractivity (Wildman–Crippen MR) is 81.7 cm³/mol. The quantitative estimate of drug-likeness (QED) is 0.829. The van der Waals surface area contributed by atoms with Crippen LogP contribution < -0.4 is 0 Å². The van der Waals surface area contributed by atoms with Crippen molar-refractivity contribution in [1.29, 1.82) is 0 Å². The van der Waals surface area contributed by atoms with E-state index >= 15 is 0 Å². The third kappa shape index (κ3) is 13.4. The van der Waals surface area contributed by atoms with E-state index in [4.69, 9.17) is 10.2 Å². The summed E-state index contributed by atoms with van der Waals surface area (Å²) in [6.07, 6.45) is 3.54. The zero-order valence-electron chi connectivity index (χ0n) is 11.8. The fourth-order valence-electron chi connectivity index (χ4n) is 1.13. The van der Waals surface area contributed by atoms with Crippen molar-refractivity contribution in [2.75, 3.05) is 0 Å². The van der Waals surface area contributed by atoms with E-state index in [1.54, 1.807) is 0 Å². The summed E-state index contributed by atoms with van der Waals surface area (Å²) in [7, 11) is 0. The molecule has 0 aliphatic heterocycles. The first-order valence-electron chi connectivity index (χ1n) is 5.68. The molecule has 0 atom stereocenters. The van der Waals surface area contributed by atoms with Crippen LogP contribution in [0.5, 0.6) is 0 Å². The molecule has 0 amide bonds. The van der Waals surface area contributed by atoms with Crippen LogP contribution in [0.2, 0.25) is 0 Å². The van der Waals surface area contributed by atoms with Crippen LogP contribution in [0.15, 0.2) is 50.1 Å². The molecule has 1 aromatic carbocycles. The Balaban J connectivity index is 0. The summed E-state index contributed by atoms with van der Waals surface area (Å²) in [5.74, 6) is -1.96. The van der Waals surface area contributed by atoms with E-state index in [0.29, 0.717) is 0 Å². The van der Waals surface area contributed by atoms with Gasteiger partial charge >= 0.3 is 11.9 Å². The van der Waals surface area contributed by atoms with Crippen LogP contribution >= 0.6 is 0 Å². The molecule has 0 radical (unpaired) electrons. The lowest BCUT2D eigenvalue weighted by Crippen LogP contribution is -1.82. The first kappa shape index (κ1) is 19.7. The number of hydrogen-bond donors (Lipinski definition) is 2. The molecule has 0 spiro atoms. The third-order valence-electron chi connectivity index (χ3n) is 1.83. The number of aliphatic carboxylic acids is 2. The maximum atomic E-state index is 9.25. The topological polar surface area (TPSA) is 74.6 Å². The van der Waals surface area contributed by atoms with Crippen LogP contribution in [0.25, 0.3) is 6.08 Å². The van der Waals surface area contributed by atoms with Crippen molar-refractivity contribution in [3.05, 3.63) is 66.8 Å². The van der Waals surface area contributed by atoms with Crippen molar-refractivity contribution in [3.8, 4) is 0 Å². The van der Waals surface area contributed by atoms with Crippen LogP contribution in [0, 0.1) is 13.8 Å². The van der Waals surface area contributed by atoms with Gasteiger partial charge in [0.2, 0.25) is 0 Å². The van der Waals surface area contributed by atoms with E-state index in [-0.39, 0.29) is 0 Å². The molecule has 1 aromatic rings. The lowest BCUT2D eigenvalue weighted by atomic mass is 10.1. The lowest BCUT2D eigenvalue weighted by molar-refractivity contribution is -0.132. The molecule has 0 aliphatic carbocycles. The maximum absolute atomic E-state index is 9.25. The fraction of sp³-hybridized carbons (Fsp3) is 0.125. The number of carboxylic acids is 2. The number of rotatable bonds is 3. The molecule has 0 aliphatic rings. The maximum Gasteiger partial charge on any atom is 0.327 e. The number of benzene rings is 1. The van der Waals surface area contributed by atoms with Crippen LogP contribution in [-0.4, -0.2) is 22.2 Å². The van der Waals surface area contributed by atoms with Crippen LogP contribution in [-0.2, 0) is 9.59 Å². The molecule has 20 heavy (non-hydrogen) atoms. The predicted octanol–water partition coefficient (Wildman–Crippen LogP) is 3.46. The van der Waals surface area contributed by atoms with Gasteiger partial charge in [-0.05, 0) is 19.4 Å². The largest absolute Gasteiger partial charge is 0.478 e. The van der Waals surface area contributed by atoms with Gasteiger partial charge in [-0.1, -0.05) is 55.1 Å². The smallest absolute Gasteiger partial charge is 0.327 e. The molecule has 0 fully saturated rings.